The summed E-state index contributed by atoms with van der Waals surface area (Å²) in [5.74, 6) is -2.42. The number of carbonyl (C=O) groups excluding carboxylic acids is 1. The highest BCUT2D eigenvalue weighted by atomic mass is 19.3. The van der Waals surface area contributed by atoms with Crippen LogP contribution in [-0.4, -0.2) is 40.7 Å². The minimum Gasteiger partial charge on any atom is -0.355 e. The molecule has 128 valence electrons. The van der Waals surface area contributed by atoms with E-state index in [1.54, 1.807) is 6.20 Å². The molecule has 0 radical (unpaired) electrons. The molecule has 1 N–H and O–H groups in total. The van der Waals surface area contributed by atoms with Gasteiger partial charge in [-0.05, 0) is 25.7 Å². The van der Waals surface area contributed by atoms with Crippen molar-refractivity contribution in [1.82, 2.24) is 15.1 Å². The number of aryl methyl sites for hydroxylation is 1. The molecule has 1 aromatic heterocycles. The molecule has 7 heteroatoms. The molecule has 5 nitrogen and oxygen atoms in total. The normalized spacial score (nSPS) is 27.7. The predicted octanol–water partition coefficient (Wildman–Crippen LogP) is 2.33. The largest absolute Gasteiger partial charge is 0.355 e. The van der Waals surface area contributed by atoms with Gasteiger partial charge in [-0.15, -0.1) is 0 Å². The number of aromatic nitrogens is 2. The third kappa shape index (κ3) is 3.82. The van der Waals surface area contributed by atoms with E-state index >= 15 is 0 Å². The molecule has 0 bridgehead atoms. The second-order valence-corrected chi connectivity index (χ2v) is 6.76. The average molecular weight is 326 g/mol. The lowest BCUT2D eigenvalue weighted by molar-refractivity contribution is -0.133. The molecule has 0 unspecified atom stereocenters. The van der Waals surface area contributed by atoms with Gasteiger partial charge >= 0.3 is 0 Å². The number of hydrogen-bond donors (Lipinski definition) is 1. The van der Waals surface area contributed by atoms with E-state index in [-0.39, 0.29) is 24.8 Å². The number of carbonyl (C=O) groups is 1. The minimum atomic E-state index is -2.69. The van der Waals surface area contributed by atoms with Gasteiger partial charge in [0.2, 0.25) is 11.8 Å². The Balaban J connectivity index is 1.57. The zero-order valence-corrected chi connectivity index (χ0v) is 13.5. The van der Waals surface area contributed by atoms with E-state index in [1.807, 2.05) is 17.8 Å². The van der Waals surface area contributed by atoms with Gasteiger partial charge in [0.15, 0.2) is 0 Å². The molecular formula is C16H24F2N4O. The summed E-state index contributed by atoms with van der Waals surface area (Å²) in [6.45, 7) is 1.63. The van der Waals surface area contributed by atoms with Gasteiger partial charge in [-0.2, -0.15) is 5.10 Å². The third-order valence-electron chi connectivity index (χ3n) is 4.90. The van der Waals surface area contributed by atoms with E-state index in [4.69, 9.17) is 0 Å². The number of hydrogen-bond acceptors (Lipinski definition) is 3. The van der Waals surface area contributed by atoms with Crippen LogP contribution in [0, 0.1) is 5.92 Å². The molecule has 3 rings (SSSR count). The van der Waals surface area contributed by atoms with Crippen molar-refractivity contribution in [3.8, 4) is 0 Å². The first-order chi connectivity index (χ1) is 10.9. The highest BCUT2D eigenvalue weighted by Gasteiger charge is 2.39. The number of nitrogens with one attached hydrogen (secondary N) is 1. The van der Waals surface area contributed by atoms with Gasteiger partial charge in [0, 0.05) is 51.0 Å². The summed E-state index contributed by atoms with van der Waals surface area (Å²) >= 11 is 0. The summed E-state index contributed by atoms with van der Waals surface area (Å²) in [5, 5.41) is 7.17. The zero-order chi connectivity index (χ0) is 16.4. The minimum absolute atomic E-state index is 0.0155. The molecule has 2 fully saturated rings. The Morgan fingerprint density at radius 2 is 2.22 bits per heavy atom. The standard InChI is InChI=1S/C16H24F2N4O/c1-21-14(6-8-19-21)22-9-3-5-13(11-22)20-15(23)12-4-2-7-16(17,18)10-12/h6,8,12-13H,2-5,7,9-11H2,1H3,(H,20,23)/t12-,13-/m0/s1. The van der Waals surface area contributed by atoms with Gasteiger partial charge in [-0.25, -0.2) is 8.78 Å². The van der Waals surface area contributed by atoms with Crippen LogP contribution < -0.4 is 10.2 Å². The Hall–Kier alpha value is -1.66. The fourth-order valence-corrected chi connectivity index (χ4v) is 3.69. The Morgan fingerprint density at radius 1 is 1.39 bits per heavy atom. The molecule has 0 aromatic carbocycles. The number of halogens is 2. The van der Waals surface area contributed by atoms with Crippen molar-refractivity contribution < 1.29 is 13.6 Å². The predicted molar refractivity (Wildman–Crippen MR) is 83.5 cm³/mol. The lowest BCUT2D eigenvalue weighted by atomic mass is 9.85. The SMILES string of the molecule is Cn1nccc1N1CCC[C@H](NC(=O)[C@H]2CCCC(F)(F)C2)C1. The molecule has 1 saturated heterocycles. The number of anilines is 1. The number of alkyl halides is 2. The molecule has 1 aliphatic carbocycles. The van der Waals surface area contributed by atoms with Crippen molar-refractivity contribution in [3.63, 3.8) is 0 Å². The molecule has 1 aliphatic heterocycles. The van der Waals surface area contributed by atoms with Crippen molar-refractivity contribution in [1.29, 1.82) is 0 Å². The van der Waals surface area contributed by atoms with Crippen LogP contribution in [0.5, 0.6) is 0 Å². The third-order valence-corrected chi connectivity index (χ3v) is 4.90. The van der Waals surface area contributed by atoms with Crippen LogP contribution in [-0.2, 0) is 11.8 Å². The quantitative estimate of drug-likeness (QED) is 0.927. The summed E-state index contributed by atoms with van der Waals surface area (Å²) in [6.07, 6.45) is 4.21. The van der Waals surface area contributed by atoms with Crippen LogP contribution in [0.3, 0.4) is 0 Å². The molecule has 1 saturated carbocycles. The van der Waals surface area contributed by atoms with Crippen molar-refractivity contribution in [2.24, 2.45) is 13.0 Å². The molecule has 2 aliphatic rings. The summed E-state index contributed by atoms with van der Waals surface area (Å²) in [7, 11) is 1.89. The first kappa shape index (κ1) is 16.2. The van der Waals surface area contributed by atoms with Crippen molar-refractivity contribution in [2.45, 2.75) is 50.5 Å². The number of nitrogens with zero attached hydrogens (tertiary/aromatic N) is 3. The second-order valence-electron chi connectivity index (χ2n) is 6.76. The average Bonchev–Trinajstić information content (AvgIpc) is 2.92. The summed E-state index contributed by atoms with van der Waals surface area (Å²) in [5.41, 5.74) is 0. The van der Waals surface area contributed by atoms with Gasteiger partial charge in [-0.3, -0.25) is 9.48 Å². The van der Waals surface area contributed by atoms with Crippen LogP contribution in [0.1, 0.15) is 38.5 Å². The second kappa shape index (κ2) is 6.45. The molecule has 1 amide bonds. The Morgan fingerprint density at radius 3 is 2.91 bits per heavy atom. The molecule has 1 aromatic rings. The maximum atomic E-state index is 13.5. The van der Waals surface area contributed by atoms with Crippen LogP contribution >= 0.6 is 0 Å². The van der Waals surface area contributed by atoms with Gasteiger partial charge in [0.1, 0.15) is 5.82 Å². The van der Waals surface area contributed by atoms with Gasteiger partial charge < -0.3 is 10.2 Å². The van der Waals surface area contributed by atoms with Crippen molar-refractivity contribution in [3.05, 3.63) is 12.3 Å². The summed E-state index contributed by atoms with van der Waals surface area (Å²) < 4.78 is 28.8. The van der Waals surface area contributed by atoms with Gasteiger partial charge in [0.05, 0.1) is 6.20 Å². The number of amides is 1. The smallest absolute Gasteiger partial charge is 0.248 e. The maximum absolute atomic E-state index is 13.5. The Kier molecular flexibility index (Phi) is 4.55. The van der Waals surface area contributed by atoms with Gasteiger partial charge in [0.25, 0.3) is 0 Å². The summed E-state index contributed by atoms with van der Waals surface area (Å²) in [6, 6.07) is 1.97. The first-order valence-electron chi connectivity index (χ1n) is 8.36. The van der Waals surface area contributed by atoms with Crippen molar-refractivity contribution >= 4 is 11.7 Å². The zero-order valence-electron chi connectivity index (χ0n) is 13.5. The lowest BCUT2D eigenvalue weighted by Crippen LogP contribution is -2.50. The first-order valence-corrected chi connectivity index (χ1v) is 8.36. The fourth-order valence-electron chi connectivity index (χ4n) is 3.69. The van der Waals surface area contributed by atoms with Crippen LogP contribution in [0.4, 0.5) is 14.6 Å². The Labute approximate surface area is 135 Å². The monoisotopic (exact) mass is 326 g/mol. The topological polar surface area (TPSA) is 50.2 Å². The van der Waals surface area contributed by atoms with E-state index in [0.717, 1.165) is 25.2 Å². The van der Waals surface area contributed by atoms with E-state index in [0.29, 0.717) is 19.4 Å². The highest BCUT2D eigenvalue weighted by Crippen LogP contribution is 2.36. The Bertz CT molecular complexity index is 560. The fraction of sp³-hybridized carbons (Fsp3) is 0.750. The highest BCUT2D eigenvalue weighted by molar-refractivity contribution is 5.79. The number of rotatable bonds is 3. The number of piperidine rings is 1. The van der Waals surface area contributed by atoms with Crippen LogP contribution in [0.2, 0.25) is 0 Å². The van der Waals surface area contributed by atoms with Crippen LogP contribution in [0.15, 0.2) is 12.3 Å². The van der Waals surface area contributed by atoms with E-state index in [2.05, 4.69) is 15.3 Å². The summed E-state index contributed by atoms with van der Waals surface area (Å²) in [4.78, 5) is 14.5. The van der Waals surface area contributed by atoms with E-state index < -0.39 is 11.8 Å². The van der Waals surface area contributed by atoms with Crippen LogP contribution in [0.25, 0.3) is 0 Å². The molecule has 2 heterocycles. The maximum Gasteiger partial charge on any atom is 0.248 e. The molecule has 2 atom stereocenters. The lowest BCUT2D eigenvalue weighted by Gasteiger charge is -2.36. The van der Waals surface area contributed by atoms with E-state index in [9.17, 15) is 13.6 Å². The van der Waals surface area contributed by atoms with Crippen molar-refractivity contribution in [2.75, 3.05) is 18.0 Å². The molecule has 23 heavy (non-hydrogen) atoms. The molecule has 0 spiro atoms. The van der Waals surface area contributed by atoms with E-state index in [1.165, 1.54) is 0 Å². The molecular weight excluding hydrogens is 302 g/mol. The van der Waals surface area contributed by atoms with Gasteiger partial charge in [-0.1, -0.05) is 0 Å².